The minimum atomic E-state index is -0.238. The molecule has 1 aromatic carbocycles. The number of ether oxygens (including phenoxy) is 1. The van der Waals surface area contributed by atoms with Crippen molar-refractivity contribution in [2.75, 3.05) is 11.9 Å². The topological polar surface area (TPSA) is 43.3 Å². The Balaban J connectivity index is 0.00000182. The zero-order valence-corrected chi connectivity index (χ0v) is 16.1. The third kappa shape index (κ3) is 2.75. The molecule has 132 valence electrons. The Morgan fingerprint density at radius 3 is 2.84 bits per heavy atom. The van der Waals surface area contributed by atoms with Gasteiger partial charge in [0.2, 0.25) is 0 Å². The van der Waals surface area contributed by atoms with Crippen LogP contribution < -0.4 is 5.32 Å². The summed E-state index contributed by atoms with van der Waals surface area (Å²) in [5.74, 6) is -0.238. The third-order valence-electron chi connectivity index (χ3n) is 4.73. The number of halogens is 1. The van der Waals surface area contributed by atoms with Crippen LogP contribution in [0.4, 0.5) is 5.69 Å². The lowest BCUT2D eigenvalue weighted by atomic mass is 9.97. The van der Waals surface area contributed by atoms with E-state index in [4.69, 9.17) is 4.74 Å². The summed E-state index contributed by atoms with van der Waals surface area (Å²) in [4.78, 5) is 15.0. The van der Waals surface area contributed by atoms with Crippen LogP contribution in [0.1, 0.15) is 40.7 Å². The van der Waals surface area contributed by atoms with Crippen molar-refractivity contribution in [3.8, 4) is 0 Å². The minimum Gasteiger partial charge on any atom is -0.461 e. The predicted molar refractivity (Wildman–Crippen MR) is 105 cm³/mol. The van der Waals surface area contributed by atoms with Gasteiger partial charge < -0.3 is 14.6 Å². The molecule has 1 N–H and O–H groups in total. The number of fused-ring (bicyclic) bond motifs is 3. The highest BCUT2D eigenvalue weighted by Gasteiger charge is 2.32. The molecule has 1 aromatic heterocycles. The van der Waals surface area contributed by atoms with Gasteiger partial charge in [0.15, 0.2) is 0 Å². The summed E-state index contributed by atoms with van der Waals surface area (Å²) in [6, 6.07) is 8.36. The maximum atomic E-state index is 12.4. The largest absolute Gasteiger partial charge is 0.461 e. The first-order valence-corrected chi connectivity index (χ1v) is 9.06. The molecule has 4 nitrogen and oxygen atoms in total. The van der Waals surface area contributed by atoms with Crippen LogP contribution in [-0.2, 0) is 18.2 Å². The van der Waals surface area contributed by atoms with Gasteiger partial charge in [0.1, 0.15) is 5.69 Å². The van der Waals surface area contributed by atoms with Crippen LogP contribution in [0.5, 0.6) is 0 Å². The second kappa shape index (κ2) is 6.81. The second-order valence-corrected chi connectivity index (χ2v) is 7.23. The number of rotatable bonds is 2. The first kappa shape index (κ1) is 18.0. The maximum Gasteiger partial charge on any atom is 0.355 e. The smallest absolute Gasteiger partial charge is 0.355 e. The first-order valence-electron chi connectivity index (χ1n) is 8.24. The van der Waals surface area contributed by atoms with Crippen molar-refractivity contribution in [2.24, 2.45) is 7.05 Å². The fraction of sp³-hybridized carbons (Fsp3) is 0.316. The second-order valence-electron chi connectivity index (χ2n) is 6.10. The van der Waals surface area contributed by atoms with E-state index in [0.29, 0.717) is 12.3 Å². The molecular formula is C19H21ClN2O2S. The van der Waals surface area contributed by atoms with E-state index in [2.05, 4.69) is 23.5 Å². The molecule has 0 saturated carbocycles. The van der Waals surface area contributed by atoms with Crippen molar-refractivity contribution in [2.45, 2.75) is 31.6 Å². The van der Waals surface area contributed by atoms with E-state index in [1.54, 1.807) is 0 Å². The van der Waals surface area contributed by atoms with Crippen molar-refractivity contribution in [3.63, 3.8) is 0 Å². The average Bonchev–Trinajstić information content (AvgIpc) is 2.84. The summed E-state index contributed by atoms with van der Waals surface area (Å²) in [6.07, 6.45) is 1.94. The van der Waals surface area contributed by atoms with Crippen LogP contribution in [0.25, 0.3) is 5.70 Å². The van der Waals surface area contributed by atoms with E-state index in [1.165, 1.54) is 21.1 Å². The fourth-order valence-electron chi connectivity index (χ4n) is 3.66. The van der Waals surface area contributed by atoms with Gasteiger partial charge in [-0.2, -0.15) is 0 Å². The molecule has 25 heavy (non-hydrogen) atoms. The van der Waals surface area contributed by atoms with Gasteiger partial charge in [-0.1, -0.05) is 23.9 Å². The molecule has 4 rings (SSSR count). The molecule has 2 aliphatic rings. The Morgan fingerprint density at radius 1 is 1.32 bits per heavy atom. The summed E-state index contributed by atoms with van der Waals surface area (Å²) >= 11 is 1.84. The Hall–Kier alpha value is -1.85. The summed E-state index contributed by atoms with van der Waals surface area (Å²) in [5, 5.41) is 3.60. The van der Waals surface area contributed by atoms with Gasteiger partial charge in [0.05, 0.1) is 18.0 Å². The zero-order chi connectivity index (χ0) is 16.8. The Morgan fingerprint density at radius 2 is 2.08 bits per heavy atom. The molecule has 0 amide bonds. The van der Waals surface area contributed by atoms with E-state index in [9.17, 15) is 4.79 Å². The summed E-state index contributed by atoms with van der Waals surface area (Å²) in [7, 11) is 1.97. The van der Waals surface area contributed by atoms with Crippen molar-refractivity contribution >= 4 is 41.5 Å². The Bertz CT molecular complexity index is 886. The highest BCUT2D eigenvalue weighted by atomic mass is 35.5. The van der Waals surface area contributed by atoms with E-state index < -0.39 is 0 Å². The number of nitrogens with zero attached hydrogens (tertiary/aromatic N) is 1. The number of anilines is 1. The number of carbonyl (C=O) groups excluding carboxylic acids is 1. The Kier molecular flexibility index (Phi) is 4.89. The van der Waals surface area contributed by atoms with Crippen molar-refractivity contribution in [1.29, 1.82) is 0 Å². The molecular weight excluding hydrogens is 356 g/mol. The maximum absolute atomic E-state index is 12.4. The van der Waals surface area contributed by atoms with E-state index in [-0.39, 0.29) is 18.4 Å². The number of thioether (sulfide) groups is 1. The molecule has 0 atom stereocenters. The first-order chi connectivity index (χ1) is 11.6. The number of esters is 1. The molecule has 0 fully saturated rings. The van der Waals surface area contributed by atoms with Crippen LogP contribution in [-0.4, -0.2) is 17.1 Å². The number of allylic oxidation sites excluding steroid dienone is 1. The standard InChI is InChI=1S/C19H20N2O2S.ClH/c1-4-23-19(22)18-11(2)16-13(21(18)3)9-10-15-17(16)20-12-7-5-6-8-14(12)24-15;/h5-8,20H,4,9-10H2,1-3H3;1H. The highest BCUT2D eigenvalue weighted by molar-refractivity contribution is 8.03. The quantitative estimate of drug-likeness (QED) is 0.767. The van der Waals surface area contributed by atoms with E-state index >= 15 is 0 Å². The summed E-state index contributed by atoms with van der Waals surface area (Å²) < 4.78 is 7.27. The molecule has 0 unspecified atom stereocenters. The molecule has 0 radical (unpaired) electrons. The zero-order valence-electron chi connectivity index (χ0n) is 14.5. The molecule has 2 heterocycles. The van der Waals surface area contributed by atoms with Crippen LogP contribution in [0.15, 0.2) is 34.1 Å². The minimum absolute atomic E-state index is 0. The molecule has 0 spiro atoms. The summed E-state index contributed by atoms with van der Waals surface area (Å²) in [6.45, 7) is 4.25. The molecule has 0 saturated heterocycles. The number of hydrogen-bond donors (Lipinski definition) is 1. The van der Waals surface area contributed by atoms with Crippen LogP contribution in [0.2, 0.25) is 0 Å². The lowest BCUT2D eigenvalue weighted by Gasteiger charge is -2.28. The number of hydrogen-bond acceptors (Lipinski definition) is 4. The van der Waals surface area contributed by atoms with Crippen LogP contribution >= 0.6 is 24.2 Å². The van der Waals surface area contributed by atoms with E-state index in [0.717, 1.165) is 29.8 Å². The molecule has 2 aromatic rings. The van der Waals surface area contributed by atoms with Crippen LogP contribution in [0, 0.1) is 6.92 Å². The van der Waals surface area contributed by atoms with Crippen LogP contribution in [0.3, 0.4) is 0 Å². The summed E-state index contributed by atoms with van der Waals surface area (Å²) in [5.41, 5.74) is 6.34. The van der Waals surface area contributed by atoms with Gasteiger partial charge in [-0.15, -0.1) is 12.4 Å². The molecule has 6 heteroatoms. The van der Waals surface area contributed by atoms with Gasteiger partial charge in [-0.3, -0.25) is 0 Å². The number of aromatic nitrogens is 1. The number of para-hydroxylation sites is 1. The predicted octanol–water partition coefficient (Wildman–Crippen LogP) is 4.76. The lowest BCUT2D eigenvalue weighted by Crippen LogP contribution is -2.15. The van der Waals surface area contributed by atoms with Crippen molar-refractivity contribution < 1.29 is 9.53 Å². The average molecular weight is 377 g/mol. The number of nitrogens with one attached hydrogen (secondary N) is 1. The van der Waals surface area contributed by atoms with Gasteiger partial charge >= 0.3 is 5.97 Å². The fourth-order valence-corrected chi connectivity index (χ4v) is 4.76. The van der Waals surface area contributed by atoms with Gasteiger partial charge in [0.25, 0.3) is 0 Å². The SMILES string of the molecule is CCOC(=O)c1c(C)c2c(n1C)CCC1=C2Nc2ccccc2S1.Cl. The number of carbonyl (C=O) groups is 1. The monoisotopic (exact) mass is 376 g/mol. The van der Waals surface area contributed by atoms with Crippen molar-refractivity contribution in [1.82, 2.24) is 4.57 Å². The van der Waals surface area contributed by atoms with Crippen molar-refractivity contribution in [3.05, 3.63) is 51.7 Å². The van der Waals surface area contributed by atoms with Gasteiger partial charge in [-0.05, 0) is 44.4 Å². The number of benzene rings is 1. The normalized spacial score (nSPS) is 14.7. The van der Waals surface area contributed by atoms with E-state index in [1.807, 2.05) is 43.3 Å². The molecule has 1 aliphatic heterocycles. The van der Waals surface area contributed by atoms with Gasteiger partial charge in [0, 0.05) is 28.1 Å². The third-order valence-corrected chi connectivity index (χ3v) is 5.96. The Labute approximate surface area is 158 Å². The lowest BCUT2D eigenvalue weighted by molar-refractivity contribution is 0.0514. The van der Waals surface area contributed by atoms with Gasteiger partial charge in [-0.25, -0.2) is 4.79 Å². The molecule has 1 aliphatic carbocycles. The molecule has 0 bridgehead atoms. The highest BCUT2D eigenvalue weighted by Crippen LogP contribution is 2.48.